The van der Waals surface area contributed by atoms with Crippen LogP contribution in [0.15, 0.2) is 18.2 Å². The van der Waals surface area contributed by atoms with Gasteiger partial charge in [0, 0.05) is 0 Å². The van der Waals surface area contributed by atoms with Gasteiger partial charge in [0.2, 0.25) is 0 Å². The summed E-state index contributed by atoms with van der Waals surface area (Å²) in [5.41, 5.74) is 1.21. The highest BCUT2D eigenvalue weighted by molar-refractivity contribution is 5.91. The second-order valence-corrected chi connectivity index (χ2v) is 3.65. The Balaban J connectivity index is 2.95. The summed E-state index contributed by atoms with van der Waals surface area (Å²) in [5.74, 6) is -0.396. The number of unbranched alkanes of at least 4 members (excludes halogenated alkanes) is 1. The lowest BCUT2D eigenvalue weighted by molar-refractivity contribution is 0.0692. The van der Waals surface area contributed by atoms with E-state index < -0.39 is 5.97 Å². The summed E-state index contributed by atoms with van der Waals surface area (Å²) in [6.07, 6.45) is 2.76. The second-order valence-electron chi connectivity index (χ2n) is 3.65. The Kier molecular flexibility index (Phi) is 4.83. The first kappa shape index (κ1) is 12.6. The van der Waals surface area contributed by atoms with Gasteiger partial charge in [-0.25, -0.2) is 4.79 Å². The van der Waals surface area contributed by atoms with Crippen molar-refractivity contribution in [2.75, 3.05) is 6.61 Å². The number of ether oxygens (including phenoxy) is 1. The van der Waals surface area contributed by atoms with Crippen molar-refractivity contribution in [2.24, 2.45) is 0 Å². The third-order valence-electron chi connectivity index (χ3n) is 2.45. The van der Waals surface area contributed by atoms with E-state index in [0.717, 1.165) is 24.8 Å². The molecule has 0 aromatic heterocycles. The van der Waals surface area contributed by atoms with Crippen molar-refractivity contribution in [3.8, 4) is 5.75 Å². The van der Waals surface area contributed by atoms with Gasteiger partial charge < -0.3 is 9.84 Å². The van der Waals surface area contributed by atoms with E-state index in [-0.39, 0.29) is 5.56 Å². The number of carboxylic acids is 1. The van der Waals surface area contributed by atoms with Crippen molar-refractivity contribution in [3.05, 3.63) is 29.3 Å². The number of rotatable bonds is 6. The number of benzene rings is 1. The molecule has 3 heteroatoms. The van der Waals surface area contributed by atoms with Crippen LogP contribution in [-0.4, -0.2) is 17.7 Å². The van der Waals surface area contributed by atoms with Crippen LogP contribution in [0.1, 0.15) is 42.6 Å². The fourth-order valence-corrected chi connectivity index (χ4v) is 1.52. The monoisotopic (exact) mass is 222 g/mol. The lowest BCUT2D eigenvalue weighted by Crippen LogP contribution is -2.06. The van der Waals surface area contributed by atoms with Gasteiger partial charge >= 0.3 is 5.97 Å². The minimum absolute atomic E-state index is 0.260. The lowest BCUT2D eigenvalue weighted by Gasteiger charge is -2.12. The third kappa shape index (κ3) is 2.99. The number of carboxylic acid groups (broad SMARTS) is 1. The fraction of sp³-hybridized carbons (Fsp3) is 0.462. The Bertz CT molecular complexity index is 358. The summed E-state index contributed by atoms with van der Waals surface area (Å²) < 4.78 is 5.58. The number of para-hydroxylation sites is 1. The van der Waals surface area contributed by atoms with E-state index in [1.165, 1.54) is 0 Å². The van der Waals surface area contributed by atoms with Crippen molar-refractivity contribution in [3.63, 3.8) is 0 Å². The van der Waals surface area contributed by atoms with E-state index in [1.54, 1.807) is 12.1 Å². The topological polar surface area (TPSA) is 46.5 Å². The van der Waals surface area contributed by atoms with Gasteiger partial charge in [-0.1, -0.05) is 32.4 Å². The molecular formula is C13H18O3. The molecule has 0 radical (unpaired) electrons. The Morgan fingerprint density at radius 3 is 2.69 bits per heavy atom. The quantitative estimate of drug-likeness (QED) is 0.752. The van der Waals surface area contributed by atoms with Gasteiger partial charge in [-0.15, -0.1) is 0 Å². The van der Waals surface area contributed by atoms with Crippen LogP contribution in [0.5, 0.6) is 5.75 Å². The van der Waals surface area contributed by atoms with Gasteiger partial charge in [0.15, 0.2) is 0 Å². The van der Waals surface area contributed by atoms with Crippen molar-refractivity contribution in [1.29, 1.82) is 0 Å². The highest BCUT2D eigenvalue weighted by Gasteiger charge is 2.14. The molecule has 3 nitrogen and oxygen atoms in total. The zero-order valence-electron chi connectivity index (χ0n) is 9.82. The van der Waals surface area contributed by atoms with Crippen LogP contribution in [0.3, 0.4) is 0 Å². The summed E-state index contributed by atoms with van der Waals surface area (Å²) in [6, 6.07) is 5.26. The number of aromatic carboxylic acids is 1. The summed E-state index contributed by atoms with van der Waals surface area (Å²) in [7, 11) is 0. The second kappa shape index (κ2) is 6.16. The molecule has 0 heterocycles. The minimum Gasteiger partial charge on any atom is -0.492 e. The molecule has 16 heavy (non-hydrogen) atoms. The molecule has 1 aromatic rings. The molecule has 0 aliphatic heterocycles. The van der Waals surface area contributed by atoms with E-state index in [9.17, 15) is 4.79 Å². The molecule has 0 bridgehead atoms. The van der Waals surface area contributed by atoms with Crippen molar-refractivity contribution in [2.45, 2.75) is 33.1 Å². The Labute approximate surface area is 96.1 Å². The molecule has 0 fully saturated rings. The average molecular weight is 222 g/mol. The number of hydrogen-bond acceptors (Lipinski definition) is 2. The predicted octanol–water partition coefficient (Wildman–Crippen LogP) is 3.13. The van der Waals surface area contributed by atoms with Crippen LogP contribution >= 0.6 is 0 Å². The van der Waals surface area contributed by atoms with Gasteiger partial charge in [-0.3, -0.25) is 0 Å². The van der Waals surface area contributed by atoms with E-state index in [0.29, 0.717) is 12.4 Å². The number of hydrogen-bond donors (Lipinski definition) is 1. The number of carbonyl (C=O) groups is 1. The highest BCUT2D eigenvalue weighted by Crippen LogP contribution is 2.25. The summed E-state index contributed by atoms with van der Waals surface area (Å²) >= 11 is 0. The van der Waals surface area contributed by atoms with Crippen LogP contribution < -0.4 is 4.74 Å². The van der Waals surface area contributed by atoms with Crippen LogP contribution in [-0.2, 0) is 6.42 Å². The van der Waals surface area contributed by atoms with Crippen molar-refractivity contribution < 1.29 is 14.6 Å². The van der Waals surface area contributed by atoms with E-state index in [4.69, 9.17) is 9.84 Å². The molecule has 1 rings (SSSR count). The average Bonchev–Trinajstić information content (AvgIpc) is 2.29. The highest BCUT2D eigenvalue weighted by atomic mass is 16.5. The van der Waals surface area contributed by atoms with E-state index in [1.807, 2.05) is 13.0 Å². The van der Waals surface area contributed by atoms with Gasteiger partial charge in [-0.05, 0) is 24.5 Å². The molecule has 0 amide bonds. The largest absolute Gasteiger partial charge is 0.492 e. The maximum Gasteiger partial charge on any atom is 0.339 e. The molecule has 0 aliphatic carbocycles. The first-order valence-electron chi connectivity index (χ1n) is 5.68. The van der Waals surface area contributed by atoms with E-state index >= 15 is 0 Å². The molecule has 0 saturated carbocycles. The molecule has 1 aromatic carbocycles. The van der Waals surface area contributed by atoms with E-state index in [2.05, 4.69) is 6.92 Å². The summed E-state index contributed by atoms with van der Waals surface area (Å²) in [4.78, 5) is 11.0. The Morgan fingerprint density at radius 1 is 1.38 bits per heavy atom. The normalized spacial score (nSPS) is 10.1. The number of aryl methyl sites for hydroxylation is 1. The molecule has 0 atom stereocenters. The predicted molar refractivity (Wildman–Crippen MR) is 63.2 cm³/mol. The molecule has 1 N–H and O–H groups in total. The van der Waals surface area contributed by atoms with Crippen LogP contribution in [0, 0.1) is 0 Å². The van der Waals surface area contributed by atoms with Crippen molar-refractivity contribution >= 4 is 5.97 Å². The molecule has 0 aliphatic rings. The maximum atomic E-state index is 11.0. The molecule has 0 saturated heterocycles. The van der Waals surface area contributed by atoms with Crippen LogP contribution in [0.2, 0.25) is 0 Å². The SMILES string of the molecule is CCCCOc1c(CC)cccc1C(=O)O. The molecule has 0 unspecified atom stereocenters. The molecule has 0 spiro atoms. The first-order chi connectivity index (χ1) is 7.70. The standard InChI is InChI=1S/C13H18O3/c1-3-5-9-16-12-10(4-2)7-6-8-11(12)13(14)15/h6-8H,3-5,9H2,1-2H3,(H,14,15). The summed E-state index contributed by atoms with van der Waals surface area (Å²) in [6.45, 7) is 4.65. The van der Waals surface area contributed by atoms with Gasteiger partial charge in [0.25, 0.3) is 0 Å². The maximum absolute atomic E-state index is 11.0. The van der Waals surface area contributed by atoms with Gasteiger partial charge in [-0.2, -0.15) is 0 Å². The van der Waals surface area contributed by atoms with Crippen LogP contribution in [0.25, 0.3) is 0 Å². The van der Waals surface area contributed by atoms with Crippen molar-refractivity contribution in [1.82, 2.24) is 0 Å². The Morgan fingerprint density at radius 2 is 2.12 bits per heavy atom. The lowest BCUT2D eigenvalue weighted by atomic mass is 10.1. The molecule has 88 valence electrons. The summed E-state index contributed by atoms with van der Waals surface area (Å²) in [5, 5.41) is 9.06. The third-order valence-corrected chi connectivity index (χ3v) is 2.45. The van der Waals surface area contributed by atoms with Gasteiger partial charge in [0.05, 0.1) is 6.61 Å². The fourth-order valence-electron chi connectivity index (χ4n) is 1.52. The minimum atomic E-state index is -0.929. The Hall–Kier alpha value is -1.51. The van der Waals surface area contributed by atoms with Gasteiger partial charge in [0.1, 0.15) is 11.3 Å². The molecular weight excluding hydrogens is 204 g/mol. The van der Waals surface area contributed by atoms with Crippen LogP contribution in [0.4, 0.5) is 0 Å². The first-order valence-corrected chi connectivity index (χ1v) is 5.68. The smallest absolute Gasteiger partial charge is 0.339 e. The zero-order valence-corrected chi connectivity index (χ0v) is 9.82. The zero-order chi connectivity index (χ0) is 12.0.